The first kappa shape index (κ1) is 14.6. The molecule has 2 aliphatic rings. The minimum Gasteiger partial charge on any atom is -0.325 e. The van der Waals surface area contributed by atoms with E-state index in [1.54, 1.807) is 0 Å². The van der Waals surface area contributed by atoms with Crippen molar-refractivity contribution < 1.29 is 4.79 Å². The van der Waals surface area contributed by atoms with Crippen LogP contribution in [-0.2, 0) is 17.6 Å². The molecule has 1 fully saturated rings. The Bertz CT molecular complexity index is 516. The van der Waals surface area contributed by atoms with Crippen LogP contribution in [-0.4, -0.2) is 30.4 Å². The van der Waals surface area contributed by atoms with Gasteiger partial charge in [0.25, 0.3) is 0 Å². The standard InChI is InChI=1S/C18H26N2O/c1-13-8-14(2)11-20(10-13)12-18(21)19-17-7-6-15-4-3-5-16(15)9-17/h6-7,9,13-14H,3-5,8,10-12H2,1-2H3,(H,19,21)/t13-,14-/m1/s1. The van der Waals surface area contributed by atoms with Gasteiger partial charge in [-0.3, -0.25) is 9.69 Å². The third-order valence-corrected chi connectivity index (χ3v) is 4.69. The predicted octanol–water partition coefficient (Wildman–Crippen LogP) is 3.09. The van der Waals surface area contributed by atoms with E-state index < -0.39 is 0 Å². The number of carbonyl (C=O) groups is 1. The molecule has 0 spiro atoms. The lowest BCUT2D eigenvalue weighted by Crippen LogP contribution is -2.42. The highest BCUT2D eigenvalue weighted by Crippen LogP contribution is 2.25. The van der Waals surface area contributed by atoms with Crippen LogP contribution in [0.4, 0.5) is 5.69 Å². The normalized spacial score (nSPS) is 25.6. The molecule has 3 heteroatoms. The van der Waals surface area contributed by atoms with Crippen molar-refractivity contribution in [3.63, 3.8) is 0 Å². The SMILES string of the molecule is C[C@@H]1C[C@@H](C)CN(CC(=O)Nc2ccc3c(c2)CCC3)C1. The average Bonchev–Trinajstić information content (AvgIpc) is 2.84. The lowest BCUT2D eigenvalue weighted by atomic mass is 9.92. The van der Waals surface area contributed by atoms with E-state index in [1.807, 2.05) is 6.07 Å². The number of nitrogens with zero attached hydrogens (tertiary/aromatic N) is 1. The number of anilines is 1. The smallest absolute Gasteiger partial charge is 0.238 e. The summed E-state index contributed by atoms with van der Waals surface area (Å²) in [6, 6.07) is 6.37. The van der Waals surface area contributed by atoms with E-state index in [-0.39, 0.29) is 5.91 Å². The van der Waals surface area contributed by atoms with E-state index in [9.17, 15) is 4.79 Å². The highest BCUT2D eigenvalue weighted by atomic mass is 16.2. The van der Waals surface area contributed by atoms with E-state index >= 15 is 0 Å². The molecule has 0 radical (unpaired) electrons. The molecule has 0 bridgehead atoms. The number of hydrogen-bond donors (Lipinski definition) is 1. The molecule has 0 unspecified atom stereocenters. The van der Waals surface area contributed by atoms with Crippen LogP contribution in [0.15, 0.2) is 18.2 Å². The quantitative estimate of drug-likeness (QED) is 0.926. The molecule has 114 valence electrons. The summed E-state index contributed by atoms with van der Waals surface area (Å²) >= 11 is 0. The Hall–Kier alpha value is -1.35. The largest absolute Gasteiger partial charge is 0.325 e. The van der Waals surface area contributed by atoms with Gasteiger partial charge < -0.3 is 5.32 Å². The van der Waals surface area contributed by atoms with Crippen molar-refractivity contribution in [2.75, 3.05) is 25.0 Å². The molecule has 1 aromatic carbocycles. The van der Waals surface area contributed by atoms with Gasteiger partial charge in [-0.25, -0.2) is 0 Å². The Balaban J connectivity index is 1.56. The first-order valence-electron chi connectivity index (χ1n) is 8.24. The van der Waals surface area contributed by atoms with Gasteiger partial charge in [0, 0.05) is 18.8 Å². The number of likely N-dealkylation sites (tertiary alicyclic amines) is 1. The number of piperidine rings is 1. The third kappa shape index (κ3) is 3.65. The molecule has 1 aliphatic heterocycles. The summed E-state index contributed by atoms with van der Waals surface area (Å²) in [6.45, 7) is 7.16. The van der Waals surface area contributed by atoms with Gasteiger partial charge in [0.1, 0.15) is 0 Å². The minimum atomic E-state index is 0.120. The summed E-state index contributed by atoms with van der Waals surface area (Å²) in [6.07, 6.45) is 4.87. The number of amides is 1. The van der Waals surface area contributed by atoms with Gasteiger partial charge in [-0.15, -0.1) is 0 Å². The fraction of sp³-hybridized carbons (Fsp3) is 0.611. The molecule has 1 saturated heterocycles. The van der Waals surface area contributed by atoms with Crippen LogP contribution < -0.4 is 5.32 Å². The van der Waals surface area contributed by atoms with Gasteiger partial charge in [-0.05, 0) is 60.8 Å². The molecular formula is C18H26N2O. The topological polar surface area (TPSA) is 32.3 Å². The molecule has 1 heterocycles. The van der Waals surface area contributed by atoms with Crippen LogP contribution in [0.2, 0.25) is 0 Å². The third-order valence-electron chi connectivity index (χ3n) is 4.69. The lowest BCUT2D eigenvalue weighted by Gasteiger charge is -2.34. The zero-order valence-corrected chi connectivity index (χ0v) is 13.2. The van der Waals surface area contributed by atoms with E-state index in [0.717, 1.165) is 25.2 Å². The Morgan fingerprint density at radius 3 is 2.67 bits per heavy atom. The van der Waals surface area contributed by atoms with Crippen molar-refractivity contribution in [1.29, 1.82) is 0 Å². The van der Waals surface area contributed by atoms with Gasteiger partial charge in [0.05, 0.1) is 6.54 Å². The van der Waals surface area contributed by atoms with Crippen LogP contribution in [0.1, 0.15) is 37.8 Å². The number of rotatable bonds is 3. The van der Waals surface area contributed by atoms with Gasteiger partial charge in [0.2, 0.25) is 5.91 Å². The van der Waals surface area contributed by atoms with Crippen LogP contribution in [0, 0.1) is 11.8 Å². The van der Waals surface area contributed by atoms with Crippen molar-refractivity contribution in [2.24, 2.45) is 11.8 Å². The molecule has 21 heavy (non-hydrogen) atoms. The van der Waals surface area contributed by atoms with Crippen LogP contribution >= 0.6 is 0 Å². The van der Waals surface area contributed by atoms with Gasteiger partial charge >= 0.3 is 0 Å². The number of benzene rings is 1. The highest BCUT2D eigenvalue weighted by molar-refractivity contribution is 5.92. The lowest BCUT2D eigenvalue weighted by molar-refractivity contribution is -0.117. The maximum atomic E-state index is 12.2. The maximum Gasteiger partial charge on any atom is 0.238 e. The number of nitrogens with one attached hydrogen (secondary N) is 1. The summed E-state index contributed by atoms with van der Waals surface area (Å²) in [5.74, 6) is 1.51. The fourth-order valence-corrected chi connectivity index (χ4v) is 3.97. The second-order valence-corrected chi connectivity index (χ2v) is 7.03. The molecule has 3 rings (SSSR count). The Morgan fingerprint density at radius 1 is 1.19 bits per heavy atom. The summed E-state index contributed by atoms with van der Waals surface area (Å²) in [5, 5.41) is 3.07. The highest BCUT2D eigenvalue weighted by Gasteiger charge is 2.23. The summed E-state index contributed by atoms with van der Waals surface area (Å²) < 4.78 is 0. The van der Waals surface area contributed by atoms with Gasteiger partial charge in [-0.2, -0.15) is 0 Å². The average molecular weight is 286 g/mol. The minimum absolute atomic E-state index is 0.120. The molecule has 1 N–H and O–H groups in total. The van der Waals surface area contributed by atoms with Crippen molar-refractivity contribution in [3.8, 4) is 0 Å². The first-order valence-corrected chi connectivity index (χ1v) is 8.24. The zero-order valence-electron chi connectivity index (χ0n) is 13.2. The number of fused-ring (bicyclic) bond motifs is 1. The number of carbonyl (C=O) groups excluding carboxylic acids is 1. The molecule has 1 amide bonds. The maximum absolute atomic E-state index is 12.2. The van der Waals surface area contributed by atoms with Crippen LogP contribution in [0.3, 0.4) is 0 Å². The van der Waals surface area contributed by atoms with E-state index in [2.05, 4.69) is 36.2 Å². The predicted molar refractivity (Wildman–Crippen MR) is 86.5 cm³/mol. The van der Waals surface area contributed by atoms with Crippen molar-refractivity contribution >= 4 is 11.6 Å². The number of hydrogen-bond acceptors (Lipinski definition) is 2. The zero-order chi connectivity index (χ0) is 14.8. The second-order valence-electron chi connectivity index (χ2n) is 7.03. The van der Waals surface area contributed by atoms with Crippen molar-refractivity contribution in [3.05, 3.63) is 29.3 Å². The summed E-state index contributed by atoms with van der Waals surface area (Å²) in [7, 11) is 0. The summed E-state index contributed by atoms with van der Waals surface area (Å²) in [4.78, 5) is 14.5. The second kappa shape index (κ2) is 6.18. The molecule has 0 saturated carbocycles. The molecule has 2 atom stereocenters. The fourth-order valence-electron chi connectivity index (χ4n) is 3.97. The molecule has 3 nitrogen and oxygen atoms in total. The summed E-state index contributed by atoms with van der Waals surface area (Å²) in [5.41, 5.74) is 3.82. The first-order chi connectivity index (χ1) is 10.1. The van der Waals surface area contributed by atoms with Crippen molar-refractivity contribution in [1.82, 2.24) is 4.90 Å². The molecule has 1 aromatic rings. The monoisotopic (exact) mass is 286 g/mol. The Kier molecular flexibility index (Phi) is 4.29. The number of aryl methyl sites for hydroxylation is 2. The van der Waals surface area contributed by atoms with E-state index in [1.165, 1.54) is 30.4 Å². The van der Waals surface area contributed by atoms with Crippen molar-refractivity contribution in [2.45, 2.75) is 39.5 Å². The molecule has 0 aromatic heterocycles. The Labute approximate surface area is 127 Å². The van der Waals surface area contributed by atoms with Gasteiger partial charge in [0.15, 0.2) is 0 Å². The van der Waals surface area contributed by atoms with E-state index in [4.69, 9.17) is 0 Å². The van der Waals surface area contributed by atoms with Crippen LogP contribution in [0.25, 0.3) is 0 Å². The molecule has 1 aliphatic carbocycles. The van der Waals surface area contributed by atoms with E-state index in [0.29, 0.717) is 18.4 Å². The van der Waals surface area contributed by atoms with Crippen LogP contribution in [0.5, 0.6) is 0 Å². The molecular weight excluding hydrogens is 260 g/mol. The van der Waals surface area contributed by atoms with Gasteiger partial charge in [-0.1, -0.05) is 19.9 Å². The Morgan fingerprint density at radius 2 is 1.90 bits per heavy atom.